The van der Waals surface area contributed by atoms with E-state index < -0.39 is 0 Å². The first-order chi connectivity index (χ1) is 6.63. The molecule has 3 heteroatoms. The van der Waals surface area contributed by atoms with Gasteiger partial charge >= 0.3 is 0 Å². The van der Waals surface area contributed by atoms with Gasteiger partial charge in [-0.25, -0.2) is 0 Å². The van der Waals surface area contributed by atoms with Crippen LogP contribution in [-0.2, 0) is 6.61 Å². The molecule has 0 amide bonds. The third-order valence-electron chi connectivity index (χ3n) is 3.27. The highest BCUT2D eigenvalue weighted by molar-refractivity contribution is 5.33. The number of fused-ring (bicyclic) bond motifs is 1. The molecule has 0 radical (unpaired) electrons. The molecule has 0 saturated carbocycles. The Kier molecular flexibility index (Phi) is 2.37. The van der Waals surface area contributed by atoms with Crippen molar-refractivity contribution in [1.29, 1.82) is 0 Å². The molecule has 3 nitrogen and oxygen atoms in total. The summed E-state index contributed by atoms with van der Waals surface area (Å²) in [6.07, 6.45) is 0. The molecule has 1 aromatic rings. The van der Waals surface area contributed by atoms with Crippen LogP contribution in [0.5, 0.6) is 0 Å². The number of H-pyrrole nitrogens is 1. The number of aliphatic hydroxyl groups is 1. The van der Waals surface area contributed by atoms with E-state index in [0.29, 0.717) is 12.0 Å². The van der Waals surface area contributed by atoms with Crippen LogP contribution in [0.1, 0.15) is 42.8 Å². The second-order valence-corrected chi connectivity index (χ2v) is 4.34. The minimum absolute atomic E-state index is 0.107. The average molecular weight is 194 g/mol. The minimum atomic E-state index is 0.107. The predicted octanol–water partition coefficient (Wildman–Crippen LogP) is 1.62. The van der Waals surface area contributed by atoms with Gasteiger partial charge in [0.25, 0.3) is 0 Å². The Bertz CT molecular complexity index is 332. The summed E-state index contributed by atoms with van der Waals surface area (Å²) < 4.78 is 0. The van der Waals surface area contributed by atoms with Gasteiger partial charge in [-0.2, -0.15) is 0 Å². The van der Waals surface area contributed by atoms with E-state index in [4.69, 9.17) is 5.11 Å². The SMILES string of the molecule is CC1CN(C)C(C)c2cc(CO)[nH]c21. The molecule has 1 aliphatic heterocycles. The molecule has 0 saturated heterocycles. The summed E-state index contributed by atoms with van der Waals surface area (Å²) in [5.74, 6) is 0.534. The lowest BCUT2D eigenvalue weighted by atomic mass is 9.93. The Balaban J connectivity index is 2.42. The fourth-order valence-corrected chi connectivity index (χ4v) is 2.30. The number of aromatic nitrogens is 1. The molecule has 0 bridgehead atoms. The molecule has 2 atom stereocenters. The number of hydrogen-bond donors (Lipinski definition) is 2. The van der Waals surface area contributed by atoms with E-state index in [1.807, 2.05) is 0 Å². The number of nitrogens with zero attached hydrogens (tertiary/aromatic N) is 1. The molecule has 1 aliphatic rings. The van der Waals surface area contributed by atoms with E-state index in [0.717, 1.165) is 12.2 Å². The first kappa shape index (κ1) is 9.74. The van der Waals surface area contributed by atoms with Crippen LogP contribution in [0, 0.1) is 0 Å². The summed E-state index contributed by atoms with van der Waals surface area (Å²) in [7, 11) is 2.15. The maximum Gasteiger partial charge on any atom is 0.0830 e. The van der Waals surface area contributed by atoms with Crippen molar-refractivity contribution in [1.82, 2.24) is 9.88 Å². The van der Waals surface area contributed by atoms with E-state index in [9.17, 15) is 0 Å². The van der Waals surface area contributed by atoms with Gasteiger partial charge in [-0.3, -0.25) is 4.90 Å². The van der Waals surface area contributed by atoms with Crippen molar-refractivity contribution >= 4 is 0 Å². The molecule has 14 heavy (non-hydrogen) atoms. The summed E-state index contributed by atoms with van der Waals surface area (Å²) in [4.78, 5) is 5.66. The predicted molar refractivity (Wildman–Crippen MR) is 56.2 cm³/mol. The van der Waals surface area contributed by atoms with Crippen molar-refractivity contribution in [2.45, 2.75) is 32.4 Å². The number of rotatable bonds is 1. The van der Waals surface area contributed by atoms with Crippen molar-refractivity contribution < 1.29 is 5.11 Å². The van der Waals surface area contributed by atoms with Crippen LogP contribution in [0.25, 0.3) is 0 Å². The van der Waals surface area contributed by atoms with E-state index in [1.54, 1.807) is 0 Å². The molecule has 0 fully saturated rings. The zero-order chi connectivity index (χ0) is 10.3. The molecule has 1 aromatic heterocycles. The van der Waals surface area contributed by atoms with Gasteiger partial charge in [-0.05, 0) is 25.6 Å². The molecule has 2 heterocycles. The highest BCUT2D eigenvalue weighted by Gasteiger charge is 2.27. The number of hydrogen-bond acceptors (Lipinski definition) is 2. The number of aliphatic hydroxyl groups excluding tert-OH is 1. The molecular weight excluding hydrogens is 176 g/mol. The summed E-state index contributed by atoms with van der Waals surface area (Å²) in [6, 6.07) is 2.55. The Morgan fingerprint density at radius 3 is 2.93 bits per heavy atom. The third-order valence-corrected chi connectivity index (χ3v) is 3.27. The second kappa shape index (κ2) is 3.41. The van der Waals surface area contributed by atoms with Gasteiger partial charge < -0.3 is 10.1 Å². The summed E-state index contributed by atoms with van der Waals surface area (Å²) >= 11 is 0. The third kappa shape index (κ3) is 1.37. The van der Waals surface area contributed by atoms with Gasteiger partial charge in [-0.15, -0.1) is 0 Å². The fraction of sp³-hybridized carbons (Fsp3) is 0.636. The lowest BCUT2D eigenvalue weighted by Gasteiger charge is -2.33. The van der Waals surface area contributed by atoms with Crippen LogP contribution in [0.2, 0.25) is 0 Å². The van der Waals surface area contributed by atoms with Crippen molar-refractivity contribution in [3.63, 3.8) is 0 Å². The highest BCUT2D eigenvalue weighted by atomic mass is 16.3. The quantitative estimate of drug-likeness (QED) is 0.713. The highest BCUT2D eigenvalue weighted by Crippen LogP contribution is 2.34. The number of likely N-dealkylation sites (N-methyl/N-ethyl adjacent to an activating group) is 1. The van der Waals surface area contributed by atoms with Crippen molar-refractivity contribution in [3.05, 3.63) is 23.0 Å². The molecule has 0 aromatic carbocycles. The first-order valence-electron chi connectivity index (χ1n) is 5.16. The Morgan fingerprint density at radius 2 is 2.29 bits per heavy atom. The van der Waals surface area contributed by atoms with Crippen LogP contribution in [-0.4, -0.2) is 28.6 Å². The van der Waals surface area contributed by atoms with Gasteiger partial charge in [0.05, 0.1) is 6.61 Å². The lowest BCUT2D eigenvalue weighted by Crippen LogP contribution is -2.32. The van der Waals surface area contributed by atoms with Crippen LogP contribution >= 0.6 is 0 Å². The van der Waals surface area contributed by atoms with Crippen LogP contribution in [0.4, 0.5) is 0 Å². The van der Waals surface area contributed by atoms with E-state index >= 15 is 0 Å². The van der Waals surface area contributed by atoms with Crippen molar-refractivity contribution in [2.75, 3.05) is 13.6 Å². The van der Waals surface area contributed by atoms with Gasteiger partial charge in [0.2, 0.25) is 0 Å². The molecule has 2 N–H and O–H groups in total. The Hall–Kier alpha value is -0.800. The summed E-state index contributed by atoms with van der Waals surface area (Å²) in [6.45, 7) is 5.62. The van der Waals surface area contributed by atoms with Gasteiger partial charge in [-0.1, -0.05) is 6.92 Å². The molecule has 0 aliphatic carbocycles. The summed E-state index contributed by atoms with van der Waals surface area (Å²) in [5, 5.41) is 9.08. The van der Waals surface area contributed by atoms with Crippen molar-refractivity contribution in [2.24, 2.45) is 0 Å². The van der Waals surface area contributed by atoms with E-state index in [1.165, 1.54) is 11.3 Å². The number of aromatic amines is 1. The normalized spacial score (nSPS) is 27.7. The fourth-order valence-electron chi connectivity index (χ4n) is 2.30. The summed E-state index contributed by atoms with van der Waals surface area (Å²) in [5.41, 5.74) is 3.58. The molecule has 2 unspecified atom stereocenters. The first-order valence-corrected chi connectivity index (χ1v) is 5.16. The van der Waals surface area contributed by atoms with Crippen LogP contribution < -0.4 is 0 Å². The van der Waals surface area contributed by atoms with E-state index in [2.05, 4.69) is 36.8 Å². The lowest BCUT2D eigenvalue weighted by molar-refractivity contribution is 0.227. The molecule has 78 valence electrons. The monoisotopic (exact) mass is 194 g/mol. The average Bonchev–Trinajstić information content (AvgIpc) is 2.58. The minimum Gasteiger partial charge on any atom is -0.390 e. The second-order valence-electron chi connectivity index (χ2n) is 4.34. The van der Waals surface area contributed by atoms with Gasteiger partial charge in [0.15, 0.2) is 0 Å². The maximum atomic E-state index is 9.08. The molecule has 2 rings (SSSR count). The molecule has 0 spiro atoms. The van der Waals surface area contributed by atoms with Crippen molar-refractivity contribution in [3.8, 4) is 0 Å². The van der Waals surface area contributed by atoms with Gasteiger partial charge in [0.1, 0.15) is 0 Å². The Labute approximate surface area is 84.7 Å². The topological polar surface area (TPSA) is 39.3 Å². The van der Waals surface area contributed by atoms with Crippen LogP contribution in [0.15, 0.2) is 6.07 Å². The number of nitrogens with one attached hydrogen (secondary N) is 1. The standard InChI is InChI=1S/C11H18N2O/c1-7-5-13(3)8(2)10-4-9(6-14)12-11(7)10/h4,7-8,12,14H,5-6H2,1-3H3. The largest absolute Gasteiger partial charge is 0.390 e. The zero-order valence-electron chi connectivity index (χ0n) is 9.04. The molecular formula is C11H18N2O. The van der Waals surface area contributed by atoms with E-state index in [-0.39, 0.29) is 6.61 Å². The smallest absolute Gasteiger partial charge is 0.0830 e. The van der Waals surface area contributed by atoms with Crippen LogP contribution in [0.3, 0.4) is 0 Å². The van der Waals surface area contributed by atoms with Gasteiger partial charge in [0, 0.05) is 29.9 Å². The zero-order valence-corrected chi connectivity index (χ0v) is 9.04. The maximum absolute atomic E-state index is 9.08. The Morgan fingerprint density at radius 1 is 1.57 bits per heavy atom.